The molecule has 0 N–H and O–H groups in total. The molecule has 45 heavy (non-hydrogen) atoms. The SMILES string of the molecule is CC(CCCC1CC=NC=N1)(COc1ccc(C(=O)/C=C/c2c3ccccc3cc3ccccc23)cc1)c1ccc(F)cc1F. The molecule has 0 aliphatic carbocycles. The summed E-state index contributed by atoms with van der Waals surface area (Å²) in [6.45, 7) is 2.13. The monoisotopic (exact) mass is 600 g/mol. The summed E-state index contributed by atoms with van der Waals surface area (Å²) in [5.74, 6) is -0.751. The van der Waals surface area contributed by atoms with Gasteiger partial charge in [-0.25, -0.2) is 13.8 Å². The van der Waals surface area contributed by atoms with E-state index in [1.165, 1.54) is 12.1 Å². The number of hydrogen-bond acceptors (Lipinski definition) is 4. The maximum atomic E-state index is 15.0. The summed E-state index contributed by atoms with van der Waals surface area (Å²) >= 11 is 0. The molecule has 1 aliphatic heterocycles. The second-order valence-electron chi connectivity index (χ2n) is 11.8. The van der Waals surface area contributed by atoms with Gasteiger partial charge in [0.05, 0.1) is 12.6 Å². The lowest BCUT2D eigenvalue weighted by atomic mass is 9.78. The lowest BCUT2D eigenvalue weighted by molar-refractivity contribution is 0.104. The number of rotatable bonds is 11. The Morgan fingerprint density at radius 1 is 0.933 bits per heavy atom. The van der Waals surface area contributed by atoms with Gasteiger partial charge < -0.3 is 4.74 Å². The van der Waals surface area contributed by atoms with Gasteiger partial charge >= 0.3 is 0 Å². The fourth-order valence-electron chi connectivity index (χ4n) is 6.05. The first-order valence-electron chi connectivity index (χ1n) is 15.2. The van der Waals surface area contributed by atoms with E-state index < -0.39 is 17.0 Å². The summed E-state index contributed by atoms with van der Waals surface area (Å²) < 4.78 is 34.9. The Morgan fingerprint density at radius 3 is 2.31 bits per heavy atom. The normalized spacial score (nSPS) is 15.9. The van der Waals surface area contributed by atoms with Gasteiger partial charge in [0.1, 0.15) is 23.7 Å². The van der Waals surface area contributed by atoms with Gasteiger partial charge in [-0.1, -0.05) is 67.9 Å². The van der Waals surface area contributed by atoms with E-state index in [1.54, 1.807) is 36.7 Å². The Balaban J connectivity index is 1.16. The molecule has 2 unspecified atom stereocenters. The second kappa shape index (κ2) is 13.3. The Hall–Kier alpha value is -4.97. The van der Waals surface area contributed by atoms with E-state index in [-0.39, 0.29) is 18.4 Å². The topological polar surface area (TPSA) is 51.0 Å². The summed E-state index contributed by atoms with van der Waals surface area (Å²) in [7, 11) is 0. The molecule has 1 aliphatic rings. The van der Waals surface area contributed by atoms with Gasteiger partial charge in [-0.15, -0.1) is 0 Å². The molecular weight excluding hydrogens is 566 g/mol. The smallest absolute Gasteiger partial charge is 0.185 e. The Labute approximate surface area is 261 Å². The molecule has 0 radical (unpaired) electrons. The summed E-state index contributed by atoms with van der Waals surface area (Å²) in [6, 6.07) is 29.4. The van der Waals surface area contributed by atoms with Gasteiger partial charge in [-0.05, 0) is 94.1 Å². The van der Waals surface area contributed by atoms with Crippen molar-refractivity contribution in [3.8, 4) is 5.75 Å². The van der Waals surface area contributed by atoms with Crippen molar-refractivity contribution in [2.24, 2.45) is 9.98 Å². The minimum atomic E-state index is -0.706. The summed E-state index contributed by atoms with van der Waals surface area (Å²) in [6.07, 6.45) is 9.97. The number of allylic oxidation sites excluding steroid dienone is 1. The number of carbonyl (C=O) groups excluding carboxylic acids is 1. The number of ether oxygens (including phenoxy) is 1. The maximum absolute atomic E-state index is 15.0. The zero-order valence-corrected chi connectivity index (χ0v) is 25.1. The standard InChI is InChI=1S/C39H34F2N2O2/c1-39(36-18-14-30(40)24-37(36)41,21-6-9-31-20-22-42-26-43-31)25-45-32-15-12-27(13-16-32)38(44)19-17-35-33-10-4-2-7-28(33)23-29-8-3-5-11-34(29)35/h2-5,7-8,10-19,22-24,26,31H,6,9,20-21,25H2,1H3/b19-17+. The van der Waals surface area contributed by atoms with E-state index in [2.05, 4.69) is 40.3 Å². The lowest BCUT2D eigenvalue weighted by Crippen LogP contribution is -2.31. The van der Waals surface area contributed by atoms with Gasteiger partial charge in [-0.2, -0.15) is 0 Å². The number of halogens is 2. The van der Waals surface area contributed by atoms with Gasteiger partial charge in [-0.3, -0.25) is 9.79 Å². The third-order valence-electron chi connectivity index (χ3n) is 8.58. The molecule has 1 heterocycles. The molecule has 226 valence electrons. The van der Waals surface area contributed by atoms with Crippen LogP contribution in [-0.4, -0.2) is 31.0 Å². The van der Waals surface area contributed by atoms with Crippen LogP contribution in [0.25, 0.3) is 27.6 Å². The van der Waals surface area contributed by atoms with Gasteiger partial charge in [0.2, 0.25) is 0 Å². The fourth-order valence-corrected chi connectivity index (χ4v) is 6.05. The first kappa shape index (κ1) is 30.1. The average molecular weight is 601 g/mol. The van der Waals surface area contributed by atoms with Crippen LogP contribution >= 0.6 is 0 Å². The van der Waals surface area contributed by atoms with Crippen molar-refractivity contribution in [3.63, 3.8) is 0 Å². The molecule has 0 amide bonds. The van der Waals surface area contributed by atoms with E-state index >= 15 is 0 Å². The number of ketones is 1. The number of hydrogen-bond donors (Lipinski definition) is 0. The van der Waals surface area contributed by atoms with Crippen LogP contribution < -0.4 is 4.74 Å². The number of carbonyl (C=O) groups is 1. The zero-order chi connectivity index (χ0) is 31.2. The minimum Gasteiger partial charge on any atom is -0.493 e. The molecule has 0 aromatic heterocycles. The molecule has 0 saturated carbocycles. The summed E-state index contributed by atoms with van der Waals surface area (Å²) in [4.78, 5) is 21.6. The van der Waals surface area contributed by atoms with Crippen LogP contribution in [0.4, 0.5) is 8.78 Å². The van der Waals surface area contributed by atoms with Gasteiger partial charge in [0, 0.05) is 29.7 Å². The highest BCUT2D eigenvalue weighted by atomic mass is 19.1. The van der Waals surface area contributed by atoms with Crippen LogP contribution in [0.2, 0.25) is 0 Å². The largest absolute Gasteiger partial charge is 0.493 e. The van der Waals surface area contributed by atoms with Crippen molar-refractivity contribution >= 4 is 46.0 Å². The van der Waals surface area contributed by atoms with E-state index in [0.717, 1.165) is 52.4 Å². The highest BCUT2D eigenvalue weighted by molar-refractivity contribution is 6.11. The lowest BCUT2D eigenvalue weighted by Gasteiger charge is -2.31. The molecule has 6 heteroatoms. The third kappa shape index (κ3) is 6.91. The highest BCUT2D eigenvalue weighted by Crippen LogP contribution is 2.34. The van der Waals surface area contributed by atoms with Crippen LogP contribution in [0.5, 0.6) is 5.75 Å². The van der Waals surface area contributed by atoms with Crippen LogP contribution in [0, 0.1) is 11.6 Å². The molecule has 0 saturated heterocycles. The second-order valence-corrected chi connectivity index (χ2v) is 11.8. The molecule has 5 aromatic carbocycles. The van der Waals surface area contributed by atoms with Crippen LogP contribution in [0.3, 0.4) is 0 Å². The predicted molar refractivity (Wildman–Crippen MR) is 180 cm³/mol. The zero-order valence-electron chi connectivity index (χ0n) is 25.1. The summed E-state index contributed by atoms with van der Waals surface area (Å²) in [5, 5.41) is 4.42. The predicted octanol–water partition coefficient (Wildman–Crippen LogP) is 9.55. The Kier molecular flexibility index (Phi) is 8.92. The van der Waals surface area contributed by atoms with E-state index in [9.17, 15) is 13.6 Å². The van der Waals surface area contributed by atoms with Crippen molar-refractivity contribution in [1.29, 1.82) is 0 Å². The van der Waals surface area contributed by atoms with Crippen molar-refractivity contribution in [2.45, 2.75) is 44.1 Å². The molecule has 0 bridgehead atoms. The first-order chi connectivity index (χ1) is 21.9. The summed E-state index contributed by atoms with van der Waals surface area (Å²) in [5.41, 5.74) is 1.25. The third-order valence-corrected chi connectivity index (χ3v) is 8.58. The Bertz CT molecular complexity index is 1880. The van der Waals surface area contributed by atoms with Crippen LogP contribution in [0.15, 0.2) is 113 Å². The Morgan fingerprint density at radius 2 is 1.64 bits per heavy atom. The number of nitrogens with zero attached hydrogens (tertiary/aromatic N) is 2. The number of aliphatic imine (C=N–C) groups is 2. The quantitative estimate of drug-likeness (QED) is 0.0861. The van der Waals surface area contributed by atoms with E-state index in [0.29, 0.717) is 23.3 Å². The van der Waals surface area contributed by atoms with Crippen LogP contribution in [0.1, 0.15) is 54.1 Å². The minimum absolute atomic E-state index is 0.118. The molecule has 0 spiro atoms. The molecular formula is C39H34F2N2O2. The van der Waals surface area contributed by atoms with Crippen molar-refractivity contribution in [1.82, 2.24) is 0 Å². The molecule has 0 fully saturated rings. The average Bonchev–Trinajstić information content (AvgIpc) is 3.06. The molecule has 5 aromatic rings. The molecule has 4 nitrogen and oxygen atoms in total. The first-order valence-corrected chi connectivity index (χ1v) is 15.2. The van der Waals surface area contributed by atoms with Crippen LogP contribution in [-0.2, 0) is 5.41 Å². The van der Waals surface area contributed by atoms with Crippen molar-refractivity contribution < 1.29 is 18.3 Å². The number of benzene rings is 5. The maximum Gasteiger partial charge on any atom is 0.185 e. The molecule has 6 rings (SSSR count). The van der Waals surface area contributed by atoms with E-state index in [4.69, 9.17) is 4.74 Å². The van der Waals surface area contributed by atoms with Gasteiger partial charge in [0.15, 0.2) is 5.78 Å². The fraction of sp³-hybridized carbons (Fsp3) is 0.205. The van der Waals surface area contributed by atoms with Crippen molar-refractivity contribution in [3.05, 3.63) is 131 Å². The van der Waals surface area contributed by atoms with Gasteiger partial charge in [0.25, 0.3) is 0 Å². The highest BCUT2D eigenvalue weighted by Gasteiger charge is 2.31. The van der Waals surface area contributed by atoms with E-state index in [1.807, 2.05) is 43.5 Å². The number of fused-ring (bicyclic) bond motifs is 2. The molecule has 2 atom stereocenters. The van der Waals surface area contributed by atoms with Crippen molar-refractivity contribution in [2.75, 3.05) is 6.61 Å².